The van der Waals surface area contributed by atoms with E-state index in [9.17, 15) is 0 Å². The highest BCUT2D eigenvalue weighted by Gasteiger charge is 2.25. The summed E-state index contributed by atoms with van der Waals surface area (Å²) < 4.78 is 1.23. The Morgan fingerprint density at radius 3 is 2.79 bits per heavy atom. The van der Waals surface area contributed by atoms with Gasteiger partial charge in [0.2, 0.25) is 0 Å². The lowest BCUT2D eigenvalue weighted by Gasteiger charge is -2.25. The average molecular weight is 360 g/mol. The third-order valence-corrected chi connectivity index (χ3v) is 6.22. The molecule has 0 fully saturated rings. The van der Waals surface area contributed by atoms with Crippen molar-refractivity contribution in [1.82, 2.24) is 9.88 Å². The van der Waals surface area contributed by atoms with Gasteiger partial charge in [0.05, 0.1) is 15.2 Å². The van der Waals surface area contributed by atoms with E-state index in [1.165, 1.54) is 27.6 Å². The molecule has 24 heavy (non-hydrogen) atoms. The lowest BCUT2D eigenvalue weighted by atomic mass is 10.0. The van der Waals surface area contributed by atoms with Crippen LogP contribution in [-0.4, -0.2) is 29.3 Å². The van der Waals surface area contributed by atoms with E-state index < -0.39 is 0 Å². The van der Waals surface area contributed by atoms with Gasteiger partial charge in [-0.2, -0.15) is 0 Å². The van der Waals surface area contributed by atoms with Crippen LogP contribution in [0.3, 0.4) is 0 Å². The summed E-state index contributed by atoms with van der Waals surface area (Å²) in [7, 11) is 0. The molecule has 3 heterocycles. The van der Waals surface area contributed by atoms with Crippen molar-refractivity contribution in [3.63, 3.8) is 0 Å². The van der Waals surface area contributed by atoms with Crippen molar-refractivity contribution < 1.29 is 4.79 Å². The van der Waals surface area contributed by atoms with Crippen molar-refractivity contribution in [3.05, 3.63) is 34.7 Å². The number of benzene rings is 1. The zero-order valence-corrected chi connectivity index (χ0v) is 15.5. The van der Waals surface area contributed by atoms with Gasteiger partial charge in [0.25, 0.3) is 0 Å². The van der Waals surface area contributed by atoms with Crippen LogP contribution in [0.15, 0.2) is 24.3 Å². The number of fused-ring (bicyclic) bond motifs is 2. The second kappa shape index (κ2) is 7.42. The number of anilines is 1. The Balaban J connectivity index is 0.000000526. The van der Waals surface area contributed by atoms with E-state index in [1.54, 1.807) is 22.7 Å². The van der Waals surface area contributed by atoms with Gasteiger partial charge in [-0.05, 0) is 37.6 Å². The topological polar surface area (TPSA) is 59.2 Å². The molecule has 0 aliphatic carbocycles. The van der Waals surface area contributed by atoms with Crippen LogP contribution in [0, 0.1) is 0 Å². The Labute approximate surface area is 149 Å². The number of carbonyl (C=O) groups is 1. The largest absolute Gasteiger partial charge is 0.390 e. The summed E-state index contributed by atoms with van der Waals surface area (Å²) in [4.78, 5) is 17.5. The van der Waals surface area contributed by atoms with Gasteiger partial charge in [0, 0.05) is 23.5 Å². The first-order valence-corrected chi connectivity index (χ1v) is 9.69. The maximum absolute atomic E-state index is 8.81. The van der Waals surface area contributed by atoms with Crippen molar-refractivity contribution in [2.75, 3.05) is 18.8 Å². The standard InChI is InChI=1S/C16H17N3S2.C2H4O/c1-2-19-8-7-10-13(9-19)20-15(17)14(10)16-18-11-5-3-4-6-12(11)21-16;1-2-3/h3-6H,2,7-9,17H2,1H3;2H,1H3. The zero-order chi connectivity index (χ0) is 17.1. The quantitative estimate of drug-likeness (QED) is 0.697. The number of hydrogen-bond acceptors (Lipinski definition) is 6. The number of rotatable bonds is 2. The number of thiazole rings is 1. The number of likely N-dealkylation sites (N-methyl/N-ethyl adjacent to an activating group) is 1. The number of thiophene rings is 1. The van der Waals surface area contributed by atoms with Gasteiger partial charge in [0.1, 0.15) is 11.3 Å². The first-order valence-electron chi connectivity index (χ1n) is 8.06. The molecule has 0 saturated heterocycles. The van der Waals surface area contributed by atoms with E-state index in [-0.39, 0.29) is 0 Å². The van der Waals surface area contributed by atoms with Crippen LogP contribution in [0.5, 0.6) is 0 Å². The van der Waals surface area contributed by atoms with Crippen molar-refractivity contribution >= 4 is 44.2 Å². The highest BCUT2D eigenvalue weighted by Crippen LogP contribution is 2.43. The number of aldehydes is 1. The number of nitrogens with two attached hydrogens (primary N) is 1. The van der Waals surface area contributed by atoms with E-state index in [2.05, 4.69) is 30.0 Å². The predicted octanol–water partition coefficient (Wildman–Crippen LogP) is 4.19. The van der Waals surface area contributed by atoms with E-state index in [4.69, 9.17) is 15.5 Å². The van der Waals surface area contributed by atoms with Gasteiger partial charge in [0.15, 0.2) is 0 Å². The monoisotopic (exact) mass is 359 g/mol. The van der Waals surface area contributed by atoms with Gasteiger partial charge in [-0.15, -0.1) is 22.7 Å². The highest BCUT2D eigenvalue weighted by molar-refractivity contribution is 7.22. The molecule has 0 radical (unpaired) electrons. The number of nitrogens with zero attached hydrogens (tertiary/aromatic N) is 2. The molecule has 3 aromatic rings. The van der Waals surface area contributed by atoms with Crippen molar-refractivity contribution in [1.29, 1.82) is 0 Å². The fourth-order valence-corrected chi connectivity index (χ4v) is 5.24. The Kier molecular flexibility index (Phi) is 5.28. The molecular weight excluding hydrogens is 338 g/mol. The third-order valence-electron chi connectivity index (χ3n) is 4.12. The molecule has 6 heteroatoms. The smallest absolute Gasteiger partial charge is 0.127 e. The molecule has 4 nitrogen and oxygen atoms in total. The summed E-state index contributed by atoms with van der Waals surface area (Å²) in [5, 5.41) is 2.01. The van der Waals surface area contributed by atoms with E-state index >= 15 is 0 Å². The van der Waals surface area contributed by atoms with E-state index in [0.29, 0.717) is 0 Å². The second-order valence-corrected chi connectivity index (χ2v) is 7.75. The maximum atomic E-state index is 8.81. The van der Waals surface area contributed by atoms with Crippen LogP contribution in [0.4, 0.5) is 5.00 Å². The number of aromatic nitrogens is 1. The molecule has 0 unspecified atom stereocenters. The normalized spacial score (nSPS) is 14.1. The Hall–Kier alpha value is -1.76. The number of para-hydroxylation sites is 1. The molecule has 0 spiro atoms. The molecule has 2 aromatic heterocycles. The average Bonchev–Trinajstić information content (AvgIpc) is 3.14. The number of hydrogen-bond donors (Lipinski definition) is 1. The zero-order valence-electron chi connectivity index (χ0n) is 13.9. The Morgan fingerprint density at radius 2 is 2.08 bits per heavy atom. The minimum Gasteiger partial charge on any atom is -0.390 e. The van der Waals surface area contributed by atoms with Crippen molar-refractivity contribution in [2.24, 2.45) is 0 Å². The summed E-state index contributed by atoms with van der Waals surface area (Å²) in [6, 6.07) is 8.31. The molecule has 0 saturated carbocycles. The first kappa shape index (κ1) is 17.1. The highest BCUT2D eigenvalue weighted by atomic mass is 32.1. The Bertz CT molecular complexity index is 820. The van der Waals surface area contributed by atoms with Crippen molar-refractivity contribution in [2.45, 2.75) is 26.8 Å². The first-order chi connectivity index (χ1) is 11.7. The van der Waals surface area contributed by atoms with Crippen LogP contribution in [0.25, 0.3) is 20.8 Å². The summed E-state index contributed by atoms with van der Waals surface area (Å²) in [6.45, 7) is 6.92. The van der Waals surface area contributed by atoms with Gasteiger partial charge in [-0.25, -0.2) is 4.98 Å². The van der Waals surface area contributed by atoms with Gasteiger partial charge in [-0.1, -0.05) is 19.1 Å². The summed E-state index contributed by atoms with van der Waals surface area (Å²) in [5.74, 6) is 0. The van der Waals surface area contributed by atoms with Gasteiger partial charge >= 0.3 is 0 Å². The molecule has 1 aliphatic heterocycles. The minimum atomic E-state index is 0.750. The molecule has 1 aromatic carbocycles. The summed E-state index contributed by atoms with van der Waals surface area (Å²) in [6.07, 6.45) is 1.84. The van der Waals surface area contributed by atoms with Crippen molar-refractivity contribution in [3.8, 4) is 10.6 Å². The lowest BCUT2D eigenvalue weighted by molar-refractivity contribution is -0.106. The second-order valence-electron chi connectivity index (χ2n) is 5.58. The SMILES string of the molecule is CC=O.CCN1CCc2c(sc(N)c2-c2nc3ccccc3s2)C1. The molecule has 0 bridgehead atoms. The predicted molar refractivity (Wildman–Crippen MR) is 104 cm³/mol. The van der Waals surface area contributed by atoms with Crippen LogP contribution in [-0.2, 0) is 17.8 Å². The van der Waals surface area contributed by atoms with Crippen LogP contribution < -0.4 is 5.73 Å². The maximum Gasteiger partial charge on any atom is 0.127 e. The lowest BCUT2D eigenvalue weighted by Crippen LogP contribution is -2.29. The fraction of sp³-hybridized carbons (Fsp3) is 0.333. The minimum absolute atomic E-state index is 0.750. The Morgan fingerprint density at radius 1 is 1.33 bits per heavy atom. The molecule has 4 rings (SSSR count). The number of carbonyl (C=O) groups excluding carboxylic acids is 1. The molecule has 2 N–H and O–H groups in total. The molecule has 1 aliphatic rings. The summed E-state index contributed by atoms with van der Waals surface area (Å²) in [5.41, 5.74) is 10.0. The molecule has 0 amide bonds. The van der Waals surface area contributed by atoms with Crippen LogP contribution >= 0.6 is 22.7 Å². The van der Waals surface area contributed by atoms with Gasteiger partial charge < -0.3 is 10.5 Å². The van der Waals surface area contributed by atoms with E-state index in [1.807, 2.05) is 6.07 Å². The molecule has 126 valence electrons. The third kappa shape index (κ3) is 3.22. The van der Waals surface area contributed by atoms with E-state index in [0.717, 1.165) is 47.9 Å². The number of nitrogen functional groups attached to an aromatic ring is 1. The van der Waals surface area contributed by atoms with Crippen LogP contribution in [0.1, 0.15) is 24.3 Å². The molecular formula is C18H21N3OS2. The van der Waals surface area contributed by atoms with Gasteiger partial charge in [-0.3, -0.25) is 4.90 Å². The van der Waals surface area contributed by atoms with Crippen LogP contribution in [0.2, 0.25) is 0 Å². The molecule has 0 atom stereocenters. The fourth-order valence-electron chi connectivity index (χ4n) is 2.96. The summed E-state index contributed by atoms with van der Waals surface area (Å²) >= 11 is 3.49.